The van der Waals surface area contributed by atoms with Gasteiger partial charge in [-0.25, -0.2) is 0 Å². The highest BCUT2D eigenvalue weighted by Gasteiger charge is 2.34. The highest BCUT2D eigenvalue weighted by Crippen LogP contribution is 2.40. The molecule has 26 heavy (non-hydrogen) atoms. The fourth-order valence-electron chi connectivity index (χ4n) is 4.46. The van der Waals surface area contributed by atoms with Gasteiger partial charge in [0, 0.05) is 11.7 Å². The van der Waals surface area contributed by atoms with E-state index in [-0.39, 0.29) is 30.4 Å². The van der Waals surface area contributed by atoms with Gasteiger partial charge in [0.05, 0.1) is 5.92 Å². The van der Waals surface area contributed by atoms with E-state index in [0.717, 1.165) is 37.8 Å². The molecule has 4 nitrogen and oxygen atoms in total. The average Bonchev–Trinajstić information content (AvgIpc) is 2.94. The molecule has 142 valence electrons. The van der Waals surface area contributed by atoms with Crippen LogP contribution in [0.3, 0.4) is 0 Å². The van der Waals surface area contributed by atoms with Gasteiger partial charge in [0.2, 0.25) is 0 Å². The van der Waals surface area contributed by atoms with Crippen LogP contribution in [0, 0.1) is 17.3 Å². The molecule has 1 aliphatic carbocycles. The predicted octanol–water partition coefficient (Wildman–Crippen LogP) is 4.36. The monoisotopic (exact) mass is 357 g/mol. The number of fused-ring (bicyclic) bond motifs is 1. The Morgan fingerprint density at radius 1 is 1.12 bits per heavy atom. The number of nitrogens with zero attached hydrogens (tertiary/aromatic N) is 1. The average molecular weight is 357 g/mol. The summed E-state index contributed by atoms with van der Waals surface area (Å²) in [6.45, 7) is 8.68. The Labute approximate surface area is 156 Å². The second-order valence-electron chi connectivity index (χ2n) is 8.97. The lowest BCUT2D eigenvalue weighted by Crippen LogP contribution is -2.39. The molecule has 1 aromatic rings. The van der Waals surface area contributed by atoms with E-state index < -0.39 is 0 Å². The summed E-state index contributed by atoms with van der Waals surface area (Å²) >= 11 is 0. The third kappa shape index (κ3) is 3.94. The number of anilines is 1. The second kappa shape index (κ2) is 7.42. The third-order valence-corrected chi connectivity index (χ3v) is 6.10. The lowest BCUT2D eigenvalue weighted by atomic mass is 9.70. The minimum Gasteiger partial charge on any atom is -0.455 e. The first-order valence-electron chi connectivity index (χ1n) is 9.84. The van der Waals surface area contributed by atoms with Gasteiger partial charge in [-0.2, -0.15) is 0 Å². The molecule has 0 saturated heterocycles. The number of rotatable bonds is 3. The number of carbonyl (C=O) groups excluding carboxylic acids is 2. The molecule has 0 aromatic heterocycles. The van der Waals surface area contributed by atoms with Gasteiger partial charge in [0.1, 0.15) is 0 Å². The number of hydrogen-bond donors (Lipinski definition) is 0. The molecule has 0 unspecified atom stereocenters. The lowest BCUT2D eigenvalue weighted by Gasteiger charge is -2.36. The number of amides is 1. The van der Waals surface area contributed by atoms with Crippen molar-refractivity contribution in [2.45, 2.75) is 65.8 Å². The van der Waals surface area contributed by atoms with E-state index in [2.05, 4.69) is 26.8 Å². The molecule has 1 heterocycles. The fraction of sp³-hybridized carbons (Fsp3) is 0.636. The molecule has 1 aromatic carbocycles. The molecular formula is C22H31NO3. The molecule has 1 saturated carbocycles. The van der Waals surface area contributed by atoms with E-state index in [1.165, 1.54) is 5.56 Å². The minimum atomic E-state index is -0.203. The molecule has 1 fully saturated rings. The van der Waals surface area contributed by atoms with Crippen LogP contribution in [0.2, 0.25) is 0 Å². The number of benzene rings is 1. The topological polar surface area (TPSA) is 46.6 Å². The number of hydrogen-bond acceptors (Lipinski definition) is 3. The molecule has 2 aliphatic rings. The van der Waals surface area contributed by atoms with Crippen LogP contribution in [-0.4, -0.2) is 24.5 Å². The van der Waals surface area contributed by atoms with Crippen molar-refractivity contribution in [1.29, 1.82) is 0 Å². The highest BCUT2D eigenvalue weighted by molar-refractivity contribution is 5.97. The molecule has 0 bridgehead atoms. The van der Waals surface area contributed by atoms with Crippen molar-refractivity contribution in [3.8, 4) is 0 Å². The number of para-hydroxylation sites is 1. The van der Waals surface area contributed by atoms with Crippen LogP contribution in [0.4, 0.5) is 5.69 Å². The summed E-state index contributed by atoms with van der Waals surface area (Å²) in [4.78, 5) is 26.8. The molecule has 1 atom stereocenters. The van der Waals surface area contributed by atoms with Crippen LogP contribution in [-0.2, 0) is 20.7 Å². The Morgan fingerprint density at radius 2 is 1.77 bits per heavy atom. The number of carbonyl (C=O) groups is 2. The zero-order chi connectivity index (χ0) is 18.9. The van der Waals surface area contributed by atoms with Crippen LogP contribution < -0.4 is 4.90 Å². The zero-order valence-corrected chi connectivity index (χ0v) is 16.5. The Balaban J connectivity index is 1.52. The molecular weight excluding hydrogens is 326 g/mol. The first kappa shape index (κ1) is 18.9. The van der Waals surface area contributed by atoms with Gasteiger partial charge in [0.15, 0.2) is 6.61 Å². The SMILES string of the molecule is C[C@H]1Cc2ccccc2N1C(=O)COC(=O)C1CCC(C(C)(C)C)CC1. The normalized spacial score (nSPS) is 25.7. The summed E-state index contributed by atoms with van der Waals surface area (Å²) in [7, 11) is 0. The van der Waals surface area contributed by atoms with E-state index in [9.17, 15) is 9.59 Å². The Bertz CT molecular complexity index is 668. The summed E-state index contributed by atoms with van der Waals surface area (Å²) in [5.74, 6) is 0.282. The van der Waals surface area contributed by atoms with E-state index in [0.29, 0.717) is 11.3 Å². The van der Waals surface area contributed by atoms with E-state index >= 15 is 0 Å². The largest absolute Gasteiger partial charge is 0.455 e. The molecule has 3 rings (SSSR count). The Hall–Kier alpha value is -1.84. The zero-order valence-electron chi connectivity index (χ0n) is 16.5. The van der Waals surface area contributed by atoms with Crippen molar-refractivity contribution in [1.82, 2.24) is 0 Å². The van der Waals surface area contributed by atoms with Crippen molar-refractivity contribution >= 4 is 17.6 Å². The van der Waals surface area contributed by atoms with Gasteiger partial charge in [-0.3, -0.25) is 9.59 Å². The fourth-order valence-corrected chi connectivity index (χ4v) is 4.46. The molecule has 1 aliphatic heterocycles. The van der Waals surface area contributed by atoms with Crippen LogP contribution in [0.1, 0.15) is 58.9 Å². The Kier molecular flexibility index (Phi) is 5.40. The van der Waals surface area contributed by atoms with Gasteiger partial charge in [-0.15, -0.1) is 0 Å². The van der Waals surface area contributed by atoms with E-state index in [1.807, 2.05) is 25.1 Å². The van der Waals surface area contributed by atoms with Crippen molar-refractivity contribution in [3.63, 3.8) is 0 Å². The van der Waals surface area contributed by atoms with Gasteiger partial charge in [-0.1, -0.05) is 39.0 Å². The van der Waals surface area contributed by atoms with Gasteiger partial charge in [-0.05, 0) is 62.0 Å². The molecule has 0 radical (unpaired) electrons. The first-order valence-corrected chi connectivity index (χ1v) is 9.84. The van der Waals surface area contributed by atoms with Gasteiger partial charge in [0.25, 0.3) is 5.91 Å². The predicted molar refractivity (Wildman–Crippen MR) is 103 cm³/mol. The standard InChI is InChI=1S/C22H31NO3/c1-15-13-17-7-5-6-8-19(17)23(15)20(24)14-26-21(25)16-9-11-18(12-10-16)22(2,3)4/h5-8,15-16,18H,9-14H2,1-4H3/t15-,16?,18?/m0/s1. The number of esters is 1. The highest BCUT2D eigenvalue weighted by atomic mass is 16.5. The van der Waals surface area contributed by atoms with Crippen LogP contribution in [0.15, 0.2) is 24.3 Å². The van der Waals surface area contributed by atoms with E-state index in [4.69, 9.17) is 4.74 Å². The molecule has 0 spiro atoms. The summed E-state index contributed by atoms with van der Waals surface area (Å²) in [5.41, 5.74) is 2.43. The minimum absolute atomic E-state index is 0.0512. The summed E-state index contributed by atoms with van der Waals surface area (Å²) in [6, 6.07) is 8.07. The maximum atomic E-state index is 12.6. The maximum Gasteiger partial charge on any atom is 0.309 e. The van der Waals surface area contributed by atoms with Crippen LogP contribution in [0.25, 0.3) is 0 Å². The van der Waals surface area contributed by atoms with Crippen molar-refractivity contribution in [2.75, 3.05) is 11.5 Å². The lowest BCUT2D eigenvalue weighted by molar-refractivity contribution is -0.153. The smallest absolute Gasteiger partial charge is 0.309 e. The molecule has 1 amide bonds. The van der Waals surface area contributed by atoms with Crippen molar-refractivity contribution < 1.29 is 14.3 Å². The summed E-state index contributed by atoms with van der Waals surface area (Å²) < 4.78 is 5.41. The van der Waals surface area contributed by atoms with Crippen molar-refractivity contribution in [3.05, 3.63) is 29.8 Å². The quantitative estimate of drug-likeness (QED) is 0.755. The number of ether oxygens (including phenoxy) is 1. The van der Waals surface area contributed by atoms with Crippen LogP contribution in [0.5, 0.6) is 0 Å². The Morgan fingerprint density at radius 3 is 2.42 bits per heavy atom. The second-order valence-corrected chi connectivity index (χ2v) is 8.97. The van der Waals surface area contributed by atoms with Gasteiger partial charge >= 0.3 is 5.97 Å². The summed E-state index contributed by atoms with van der Waals surface area (Å²) in [5, 5.41) is 0. The summed E-state index contributed by atoms with van der Waals surface area (Å²) in [6.07, 6.45) is 4.73. The maximum absolute atomic E-state index is 12.6. The third-order valence-electron chi connectivity index (χ3n) is 6.10. The van der Waals surface area contributed by atoms with Crippen molar-refractivity contribution in [2.24, 2.45) is 17.3 Å². The van der Waals surface area contributed by atoms with Gasteiger partial charge < -0.3 is 9.64 Å². The molecule has 4 heteroatoms. The molecule has 0 N–H and O–H groups in total. The van der Waals surface area contributed by atoms with Crippen LogP contribution >= 0.6 is 0 Å². The van der Waals surface area contributed by atoms with E-state index in [1.54, 1.807) is 4.90 Å². The first-order chi connectivity index (χ1) is 12.3.